The Morgan fingerprint density at radius 1 is 1.13 bits per heavy atom. The molecule has 1 radical (unpaired) electrons. The average molecular weight is 218 g/mol. The highest BCUT2D eigenvalue weighted by Crippen LogP contribution is 2.25. The molecule has 0 aliphatic heterocycles. The van der Waals surface area contributed by atoms with Gasteiger partial charge in [0.15, 0.2) is 0 Å². The molecule has 2 aromatic carbocycles. The summed E-state index contributed by atoms with van der Waals surface area (Å²) < 4.78 is 5.70. The number of alkyl halides is 1. The highest BCUT2D eigenvalue weighted by Gasteiger charge is 2.02. The molecule has 2 rings (SSSR count). The number of hydrogen-bond donors (Lipinski definition) is 0. The maximum absolute atomic E-state index is 5.80. The Hall–Kier alpha value is -1.47. The number of hydrogen-bond acceptors (Lipinski definition) is 1. The fraction of sp³-hybridized carbons (Fsp3) is 0.0769. The van der Waals surface area contributed by atoms with Gasteiger partial charge in [0.2, 0.25) is 0 Å². The first-order chi connectivity index (χ1) is 7.40. The van der Waals surface area contributed by atoms with Crippen LogP contribution in [0.1, 0.15) is 5.56 Å². The van der Waals surface area contributed by atoms with Crippen molar-refractivity contribution in [3.8, 4) is 11.5 Å². The molecule has 0 amide bonds. The molecular weight excluding hydrogens is 208 g/mol. The maximum Gasteiger partial charge on any atom is 0.131 e. The monoisotopic (exact) mass is 217 g/mol. The van der Waals surface area contributed by atoms with Gasteiger partial charge in [0.05, 0.1) is 5.88 Å². The second-order valence-electron chi connectivity index (χ2n) is 3.08. The number of benzene rings is 2. The molecule has 0 unspecified atom stereocenters. The topological polar surface area (TPSA) is 9.23 Å². The van der Waals surface area contributed by atoms with Crippen molar-refractivity contribution in [1.82, 2.24) is 0 Å². The van der Waals surface area contributed by atoms with E-state index in [0.29, 0.717) is 5.88 Å². The van der Waals surface area contributed by atoms with Gasteiger partial charge in [-0.15, -0.1) is 11.6 Å². The minimum absolute atomic E-state index is 0.430. The van der Waals surface area contributed by atoms with Gasteiger partial charge in [-0.3, -0.25) is 0 Å². The third-order valence-corrected chi connectivity index (χ3v) is 2.31. The summed E-state index contributed by atoms with van der Waals surface area (Å²) in [5.74, 6) is 2.03. The van der Waals surface area contributed by atoms with Gasteiger partial charge in [-0.25, -0.2) is 0 Å². The Balaban J connectivity index is 2.24. The minimum Gasteiger partial charge on any atom is -0.457 e. The third kappa shape index (κ3) is 2.51. The summed E-state index contributed by atoms with van der Waals surface area (Å²) >= 11 is 5.80. The number of halogens is 1. The standard InChI is InChI=1S/C13H10ClO/c14-10-11-6-4-5-9-13(11)15-12-7-2-1-3-8-12/h1-3,5-9H,10H2. The van der Waals surface area contributed by atoms with E-state index >= 15 is 0 Å². The maximum atomic E-state index is 5.80. The van der Waals surface area contributed by atoms with Crippen molar-refractivity contribution in [3.05, 3.63) is 60.2 Å². The molecule has 0 atom stereocenters. The molecule has 0 saturated heterocycles. The van der Waals surface area contributed by atoms with Crippen LogP contribution in [-0.4, -0.2) is 0 Å². The van der Waals surface area contributed by atoms with Crippen LogP contribution in [0.2, 0.25) is 0 Å². The predicted molar refractivity (Wildman–Crippen MR) is 61.4 cm³/mol. The molecule has 2 heteroatoms. The molecule has 0 spiro atoms. The summed E-state index contributed by atoms with van der Waals surface area (Å²) in [5.41, 5.74) is 0.947. The van der Waals surface area contributed by atoms with E-state index in [9.17, 15) is 0 Å². The summed E-state index contributed by atoms with van der Waals surface area (Å²) in [4.78, 5) is 0. The average Bonchev–Trinajstić information content (AvgIpc) is 2.31. The van der Waals surface area contributed by atoms with Crippen LogP contribution in [0.5, 0.6) is 11.5 Å². The summed E-state index contributed by atoms with van der Waals surface area (Å²) in [6.07, 6.45) is 0. The van der Waals surface area contributed by atoms with Crippen LogP contribution in [0.3, 0.4) is 0 Å². The zero-order chi connectivity index (χ0) is 10.5. The molecule has 0 aromatic heterocycles. The Kier molecular flexibility index (Phi) is 3.25. The van der Waals surface area contributed by atoms with Crippen molar-refractivity contribution >= 4 is 11.6 Å². The van der Waals surface area contributed by atoms with Gasteiger partial charge in [0.25, 0.3) is 0 Å². The largest absolute Gasteiger partial charge is 0.457 e. The summed E-state index contributed by atoms with van der Waals surface area (Å²) in [5, 5.41) is 0. The van der Waals surface area contributed by atoms with Crippen LogP contribution in [0.4, 0.5) is 0 Å². The molecule has 0 N–H and O–H groups in total. The molecule has 0 aliphatic carbocycles. The van der Waals surface area contributed by atoms with Crippen LogP contribution in [-0.2, 0) is 5.88 Å². The lowest BCUT2D eigenvalue weighted by atomic mass is 10.2. The number of ether oxygens (including phenoxy) is 1. The lowest BCUT2D eigenvalue weighted by molar-refractivity contribution is 0.478. The van der Waals surface area contributed by atoms with Crippen molar-refractivity contribution in [2.45, 2.75) is 5.88 Å². The molecule has 15 heavy (non-hydrogen) atoms. The van der Waals surface area contributed by atoms with E-state index in [0.717, 1.165) is 17.1 Å². The van der Waals surface area contributed by atoms with Crippen molar-refractivity contribution in [2.75, 3.05) is 0 Å². The van der Waals surface area contributed by atoms with Gasteiger partial charge in [-0.05, 0) is 30.3 Å². The highest BCUT2D eigenvalue weighted by molar-refractivity contribution is 6.17. The Labute approximate surface area is 94.3 Å². The van der Waals surface area contributed by atoms with Gasteiger partial charge < -0.3 is 4.74 Å². The first kappa shape index (κ1) is 10.1. The van der Waals surface area contributed by atoms with E-state index in [1.165, 1.54) is 0 Å². The zero-order valence-corrected chi connectivity index (χ0v) is 8.87. The van der Waals surface area contributed by atoms with Crippen LogP contribution in [0.25, 0.3) is 0 Å². The summed E-state index contributed by atoms with van der Waals surface area (Å²) in [6.45, 7) is 0. The van der Waals surface area contributed by atoms with E-state index < -0.39 is 0 Å². The van der Waals surface area contributed by atoms with Gasteiger partial charge in [-0.1, -0.05) is 24.3 Å². The Morgan fingerprint density at radius 2 is 1.93 bits per heavy atom. The van der Waals surface area contributed by atoms with Crippen molar-refractivity contribution in [2.24, 2.45) is 0 Å². The van der Waals surface area contributed by atoms with E-state index in [4.69, 9.17) is 16.3 Å². The SMILES string of the molecule is ClCc1c[c]ccc1Oc1ccccc1. The first-order valence-corrected chi connectivity index (χ1v) is 5.21. The lowest BCUT2D eigenvalue weighted by Crippen LogP contribution is -1.88. The van der Waals surface area contributed by atoms with Crippen LogP contribution < -0.4 is 4.74 Å². The van der Waals surface area contributed by atoms with E-state index in [2.05, 4.69) is 6.07 Å². The second kappa shape index (κ2) is 4.85. The number of rotatable bonds is 3. The molecule has 0 saturated carbocycles. The van der Waals surface area contributed by atoms with Crippen molar-refractivity contribution < 1.29 is 4.74 Å². The molecule has 0 aliphatic rings. The van der Waals surface area contributed by atoms with Crippen molar-refractivity contribution in [1.29, 1.82) is 0 Å². The Morgan fingerprint density at radius 3 is 2.67 bits per heavy atom. The summed E-state index contributed by atoms with van der Waals surface area (Å²) in [7, 11) is 0. The highest BCUT2D eigenvalue weighted by atomic mass is 35.5. The number of para-hydroxylation sites is 1. The molecule has 75 valence electrons. The van der Waals surface area contributed by atoms with Crippen molar-refractivity contribution in [3.63, 3.8) is 0 Å². The molecule has 2 aromatic rings. The van der Waals surface area contributed by atoms with Crippen LogP contribution in [0.15, 0.2) is 48.5 Å². The Bertz CT molecular complexity index is 426. The lowest BCUT2D eigenvalue weighted by Gasteiger charge is -2.08. The van der Waals surface area contributed by atoms with Gasteiger partial charge >= 0.3 is 0 Å². The van der Waals surface area contributed by atoms with E-state index in [-0.39, 0.29) is 0 Å². The molecule has 0 heterocycles. The third-order valence-electron chi connectivity index (χ3n) is 2.02. The fourth-order valence-corrected chi connectivity index (χ4v) is 1.48. The molecule has 1 nitrogen and oxygen atoms in total. The van der Waals surface area contributed by atoms with E-state index in [1.807, 2.05) is 48.5 Å². The summed E-state index contributed by atoms with van der Waals surface area (Å²) in [6, 6.07) is 18.1. The smallest absolute Gasteiger partial charge is 0.131 e. The predicted octanol–water partition coefficient (Wildman–Crippen LogP) is 4.02. The van der Waals surface area contributed by atoms with Gasteiger partial charge in [0.1, 0.15) is 11.5 Å². The van der Waals surface area contributed by atoms with Crippen LogP contribution in [0, 0.1) is 6.07 Å². The normalized spacial score (nSPS) is 9.93. The first-order valence-electron chi connectivity index (χ1n) is 4.68. The molecule has 0 fully saturated rings. The second-order valence-corrected chi connectivity index (χ2v) is 3.35. The van der Waals surface area contributed by atoms with Gasteiger partial charge in [-0.2, -0.15) is 0 Å². The van der Waals surface area contributed by atoms with E-state index in [1.54, 1.807) is 0 Å². The molecular formula is C13H10ClO. The van der Waals surface area contributed by atoms with Gasteiger partial charge in [0, 0.05) is 5.56 Å². The minimum atomic E-state index is 0.430. The molecule has 0 bridgehead atoms. The van der Waals surface area contributed by atoms with Crippen LogP contribution >= 0.6 is 11.6 Å². The quantitative estimate of drug-likeness (QED) is 0.706. The zero-order valence-electron chi connectivity index (χ0n) is 8.11. The fourth-order valence-electron chi connectivity index (χ4n) is 1.27.